The Morgan fingerprint density at radius 2 is 0.593 bits per heavy atom. The first-order chi connectivity index (χ1) is 26.6. The lowest BCUT2D eigenvalue weighted by Crippen LogP contribution is -2.49. The zero-order valence-corrected chi connectivity index (χ0v) is 36.9. The van der Waals surface area contributed by atoms with Crippen LogP contribution in [0.2, 0.25) is 0 Å². The molecule has 0 saturated heterocycles. The van der Waals surface area contributed by atoms with Gasteiger partial charge in [0.05, 0.1) is 18.8 Å². The topological polar surface area (TPSA) is 89.8 Å². The molecule has 0 aromatic rings. The summed E-state index contributed by atoms with van der Waals surface area (Å²) in [6.07, 6.45) is 52.6. The van der Waals surface area contributed by atoms with Crippen molar-refractivity contribution in [2.24, 2.45) is 0 Å². The van der Waals surface area contributed by atoms with Gasteiger partial charge < -0.3 is 20.6 Å². The van der Waals surface area contributed by atoms with E-state index in [1.807, 2.05) is 0 Å². The minimum Gasteiger partial charge on any atom is -0.394 e. The van der Waals surface area contributed by atoms with Gasteiger partial charge in [0.15, 0.2) is 0 Å². The fraction of sp³-hybridized carbons (Fsp3) is 0.980. The molecule has 0 rings (SSSR count). The summed E-state index contributed by atoms with van der Waals surface area (Å²) in [5.41, 5.74) is 0. The second kappa shape index (κ2) is 45.1. The summed E-state index contributed by atoms with van der Waals surface area (Å²) in [7, 11) is 0. The molecule has 0 aliphatic heterocycles. The number of hydrogen-bond donors (Lipinski definition) is 4. The first-order valence-corrected chi connectivity index (χ1v) is 24.8. The van der Waals surface area contributed by atoms with Crippen LogP contribution in [0.25, 0.3) is 0 Å². The molecule has 0 aliphatic carbocycles. The quantitative estimate of drug-likeness (QED) is 0.0465. The van der Waals surface area contributed by atoms with Gasteiger partial charge in [-0.25, -0.2) is 0 Å². The third-order valence-electron chi connectivity index (χ3n) is 12.0. The second-order valence-corrected chi connectivity index (χ2v) is 17.4. The van der Waals surface area contributed by atoms with E-state index in [2.05, 4.69) is 19.2 Å². The smallest absolute Gasteiger partial charge is 0.249 e. The maximum Gasteiger partial charge on any atom is 0.249 e. The monoisotopic (exact) mass is 766 g/mol. The van der Waals surface area contributed by atoms with Gasteiger partial charge in [0.2, 0.25) is 5.91 Å². The summed E-state index contributed by atoms with van der Waals surface area (Å²) in [6, 6.07) is -0.706. The Labute approximate surface area is 338 Å². The predicted octanol–water partition coefficient (Wildman–Crippen LogP) is 14.6. The van der Waals surface area contributed by atoms with Gasteiger partial charge in [-0.2, -0.15) is 0 Å². The summed E-state index contributed by atoms with van der Waals surface area (Å²) in [4.78, 5) is 12.5. The minimum absolute atomic E-state index is 0.307. The van der Waals surface area contributed by atoms with Gasteiger partial charge in [0.25, 0.3) is 0 Å². The van der Waals surface area contributed by atoms with Crippen LogP contribution in [0.15, 0.2) is 0 Å². The minimum atomic E-state index is -1.07. The molecule has 0 aliphatic rings. The molecule has 1 amide bonds. The molecular weight excluding hydrogens is 667 g/mol. The number of unbranched alkanes of at least 4 members (excludes halogenated alkanes) is 38. The molecule has 54 heavy (non-hydrogen) atoms. The molecule has 0 saturated carbocycles. The molecule has 5 nitrogen and oxygen atoms in total. The number of amides is 1. The van der Waals surface area contributed by atoms with Crippen molar-refractivity contribution in [3.8, 4) is 0 Å². The van der Waals surface area contributed by atoms with Crippen LogP contribution < -0.4 is 5.32 Å². The van der Waals surface area contributed by atoms with Crippen LogP contribution >= 0.6 is 0 Å². The second-order valence-electron chi connectivity index (χ2n) is 17.4. The van der Waals surface area contributed by atoms with E-state index in [0.717, 1.165) is 32.1 Å². The Morgan fingerprint density at radius 1 is 0.370 bits per heavy atom. The average Bonchev–Trinajstić information content (AvgIpc) is 3.18. The zero-order chi connectivity index (χ0) is 39.4. The van der Waals surface area contributed by atoms with Crippen LogP contribution in [-0.2, 0) is 4.79 Å². The van der Waals surface area contributed by atoms with E-state index in [1.165, 1.54) is 225 Å². The lowest BCUT2D eigenvalue weighted by molar-refractivity contribution is -0.131. The molecule has 0 fully saturated rings. The van der Waals surface area contributed by atoms with Gasteiger partial charge in [-0.15, -0.1) is 0 Å². The fourth-order valence-electron chi connectivity index (χ4n) is 8.08. The molecule has 0 bridgehead atoms. The molecule has 0 aromatic carbocycles. The number of rotatable bonds is 46. The molecule has 4 N–H and O–H groups in total. The Kier molecular flexibility index (Phi) is 44.5. The normalized spacial score (nSPS) is 13.4. The maximum absolute atomic E-state index is 12.5. The number of nitrogens with one attached hydrogen (secondary N) is 1. The molecule has 0 radical (unpaired) electrons. The van der Waals surface area contributed by atoms with Crippen molar-refractivity contribution in [3.63, 3.8) is 0 Å². The van der Waals surface area contributed by atoms with Crippen LogP contribution in [-0.4, -0.2) is 46.1 Å². The largest absolute Gasteiger partial charge is 0.394 e. The summed E-state index contributed by atoms with van der Waals surface area (Å²) >= 11 is 0. The highest BCUT2D eigenvalue weighted by Crippen LogP contribution is 2.18. The summed E-state index contributed by atoms with van der Waals surface area (Å²) in [5.74, 6) is -0.464. The van der Waals surface area contributed by atoms with Gasteiger partial charge in [-0.05, 0) is 12.8 Å². The van der Waals surface area contributed by atoms with Crippen LogP contribution in [0.4, 0.5) is 0 Å². The van der Waals surface area contributed by atoms with Gasteiger partial charge >= 0.3 is 0 Å². The molecule has 3 atom stereocenters. The Hall–Kier alpha value is -0.650. The van der Waals surface area contributed by atoms with E-state index in [-0.39, 0.29) is 6.61 Å². The molecule has 3 unspecified atom stereocenters. The predicted molar refractivity (Wildman–Crippen MR) is 236 cm³/mol. The van der Waals surface area contributed by atoms with Crippen molar-refractivity contribution >= 4 is 5.91 Å². The average molecular weight is 766 g/mol. The van der Waals surface area contributed by atoms with Crippen LogP contribution in [0.5, 0.6) is 0 Å². The Morgan fingerprint density at radius 3 is 0.833 bits per heavy atom. The summed E-state index contributed by atoms with van der Waals surface area (Å²) in [6.45, 7) is 4.26. The number of carbonyl (C=O) groups excluding carboxylic acids is 1. The van der Waals surface area contributed by atoms with E-state index >= 15 is 0 Å². The summed E-state index contributed by atoms with van der Waals surface area (Å²) in [5, 5.41) is 33.4. The van der Waals surface area contributed by atoms with Crippen molar-refractivity contribution in [2.75, 3.05) is 6.61 Å². The van der Waals surface area contributed by atoms with Gasteiger partial charge in [-0.3, -0.25) is 4.79 Å². The SMILES string of the molecule is CCCCCCCCCCCCCCCCCCCCCCCCCC(O)C(CO)NC(=O)C(O)CCCCCCCCCCCCCCCCCCC. The van der Waals surface area contributed by atoms with E-state index in [4.69, 9.17) is 0 Å². The van der Waals surface area contributed by atoms with Gasteiger partial charge in [-0.1, -0.05) is 271 Å². The van der Waals surface area contributed by atoms with Crippen LogP contribution in [0.3, 0.4) is 0 Å². The maximum atomic E-state index is 12.5. The van der Waals surface area contributed by atoms with Crippen molar-refractivity contribution in [1.29, 1.82) is 0 Å². The van der Waals surface area contributed by atoms with E-state index in [0.29, 0.717) is 12.8 Å². The number of aliphatic hydroxyl groups excluding tert-OH is 3. The van der Waals surface area contributed by atoms with Crippen LogP contribution in [0, 0.1) is 0 Å². The van der Waals surface area contributed by atoms with Crippen molar-refractivity contribution in [2.45, 2.75) is 302 Å². The van der Waals surface area contributed by atoms with E-state index in [1.54, 1.807) is 0 Å². The molecule has 324 valence electrons. The highest BCUT2D eigenvalue weighted by atomic mass is 16.3. The molecule has 0 spiro atoms. The van der Waals surface area contributed by atoms with Gasteiger partial charge in [0.1, 0.15) is 6.10 Å². The number of hydrogen-bond acceptors (Lipinski definition) is 4. The van der Waals surface area contributed by atoms with E-state index < -0.39 is 24.2 Å². The highest BCUT2D eigenvalue weighted by Gasteiger charge is 2.23. The first-order valence-electron chi connectivity index (χ1n) is 24.8. The molecule has 0 heterocycles. The molecular formula is C49H99NO4. The summed E-state index contributed by atoms with van der Waals surface area (Å²) < 4.78 is 0. The van der Waals surface area contributed by atoms with Crippen LogP contribution in [0.1, 0.15) is 284 Å². The third kappa shape index (κ3) is 39.6. The van der Waals surface area contributed by atoms with Gasteiger partial charge in [0, 0.05) is 0 Å². The fourth-order valence-corrected chi connectivity index (χ4v) is 8.08. The number of carbonyl (C=O) groups is 1. The Bertz CT molecular complexity index is 718. The lowest BCUT2D eigenvalue weighted by atomic mass is 10.0. The highest BCUT2D eigenvalue weighted by molar-refractivity contribution is 5.80. The zero-order valence-electron chi connectivity index (χ0n) is 36.9. The van der Waals surface area contributed by atoms with E-state index in [9.17, 15) is 20.1 Å². The van der Waals surface area contributed by atoms with Crippen molar-refractivity contribution < 1.29 is 20.1 Å². The third-order valence-corrected chi connectivity index (χ3v) is 12.0. The molecule has 0 aromatic heterocycles. The first kappa shape index (κ1) is 53.4. The Balaban J connectivity index is 3.53. The standard InChI is InChI=1S/C49H99NO4/c1-3-5-7-9-11-13-15-17-19-21-22-23-24-25-26-28-29-31-33-35-37-39-41-43-47(52)46(45-51)50-49(54)48(53)44-42-40-38-36-34-32-30-27-20-18-16-14-12-10-8-6-4-2/h46-48,51-53H,3-45H2,1-2H3,(H,50,54). The lowest BCUT2D eigenvalue weighted by Gasteiger charge is -2.23. The van der Waals surface area contributed by atoms with Crippen molar-refractivity contribution in [3.05, 3.63) is 0 Å². The molecule has 5 heteroatoms. The number of aliphatic hydroxyl groups is 3. The van der Waals surface area contributed by atoms with Crippen molar-refractivity contribution in [1.82, 2.24) is 5.32 Å².